The molecule has 3 N–H and O–H groups in total. The van der Waals surface area contributed by atoms with Crippen molar-refractivity contribution in [3.8, 4) is 0 Å². The van der Waals surface area contributed by atoms with E-state index in [-0.39, 0.29) is 54.5 Å². The van der Waals surface area contributed by atoms with Crippen LogP contribution in [0.2, 0.25) is 0 Å². The molecule has 16 heteroatoms. The van der Waals surface area contributed by atoms with Gasteiger partial charge in [-0.05, 0) is 108 Å². The van der Waals surface area contributed by atoms with Crippen molar-refractivity contribution in [3.05, 3.63) is 53.0 Å². The third kappa shape index (κ3) is 18.2. The Labute approximate surface area is 370 Å². The predicted molar refractivity (Wildman–Crippen MR) is 240 cm³/mol. The lowest BCUT2D eigenvalue weighted by Crippen LogP contribution is -2.42. The SMILES string of the molecule is CCN(C(=O)Cn1c(C(=O)N[C@H]2CC[C@H](C(=O)NCCCCCC(=O)NCCOCCOCCOCCOCCC(=O)OC(C)(C)C)CC2)cc2sccc21)c1cccc(C)c1. The molecule has 1 aromatic carbocycles. The van der Waals surface area contributed by atoms with Crippen LogP contribution in [-0.4, -0.2) is 118 Å². The molecule has 1 aliphatic carbocycles. The van der Waals surface area contributed by atoms with E-state index < -0.39 is 5.60 Å². The highest BCUT2D eigenvalue weighted by Crippen LogP contribution is 2.28. The van der Waals surface area contributed by atoms with E-state index >= 15 is 0 Å². The van der Waals surface area contributed by atoms with Crippen LogP contribution in [0.15, 0.2) is 41.8 Å². The first-order valence-electron chi connectivity index (χ1n) is 22.2. The summed E-state index contributed by atoms with van der Waals surface area (Å²) in [5.41, 5.74) is 2.76. The molecule has 1 aliphatic rings. The second kappa shape index (κ2) is 27.0. The average Bonchev–Trinajstić information content (AvgIpc) is 3.83. The van der Waals surface area contributed by atoms with Gasteiger partial charge >= 0.3 is 5.97 Å². The van der Waals surface area contributed by atoms with Crippen molar-refractivity contribution in [2.75, 3.05) is 77.4 Å². The van der Waals surface area contributed by atoms with Crippen LogP contribution in [0.1, 0.15) is 102 Å². The van der Waals surface area contributed by atoms with E-state index in [2.05, 4.69) is 16.0 Å². The maximum atomic E-state index is 13.6. The Balaban J connectivity index is 0.979. The summed E-state index contributed by atoms with van der Waals surface area (Å²) in [7, 11) is 0. The Hall–Kier alpha value is -4.35. The summed E-state index contributed by atoms with van der Waals surface area (Å²) >= 11 is 1.54. The van der Waals surface area contributed by atoms with Crippen LogP contribution in [0, 0.1) is 12.8 Å². The predicted octanol–water partition coefficient (Wildman–Crippen LogP) is 5.94. The van der Waals surface area contributed by atoms with Crippen LogP contribution in [0.3, 0.4) is 0 Å². The van der Waals surface area contributed by atoms with Gasteiger partial charge in [0.2, 0.25) is 17.7 Å². The van der Waals surface area contributed by atoms with Gasteiger partial charge < -0.3 is 49.1 Å². The first-order chi connectivity index (χ1) is 29.8. The fourth-order valence-corrected chi connectivity index (χ4v) is 8.04. The monoisotopic (exact) mass is 883 g/mol. The van der Waals surface area contributed by atoms with Gasteiger partial charge in [-0.15, -0.1) is 11.3 Å². The number of likely N-dealkylation sites (N-methyl/N-ethyl adjacent to an activating group) is 1. The Morgan fingerprint density at radius 3 is 2.13 bits per heavy atom. The quantitative estimate of drug-likeness (QED) is 0.0585. The van der Waals surface area contributed by atoms with Gasteiger partial charge in [0.25, 0.3) is 5.91 Å². The summed E-state index contributed by atoms with van der Waals surface area (Å²) < 4.78 is 29.8. The Bertz CT molecular complexity index is 1850. The third-order valence-corrected chi connectivity index (χ3v) is 11.2. The zero-order valence-electron chi connectivity index (χ0n) is 37.4. The molecule has 4 amide bonds. The van der Waals surface area contributed by atoms with Gasteiger partial charge in [-0.25, -0.2) is 0 Å². The summed E-state index contributed by atoms with van der Waals surface area (Å²) in [4.78, 5) is 65.7. The van der Waals surface area contributed by atoms with Crippen molar-refractivity contribution < 1.29 is 47.7 Å². The topological polar surface area (TPSA) is 176 Å². The zero-order chi connectivity index (χ0) is 44.7. The Morgan fingerprint density at radius 2 is 1.47 bits per heavy atom. The molecule has 1 fully saturated rings. The molecule has 3 aromatic rings. The van der Waals surface area contributed by atoms with E-state index in [1.165, 1.54) is 0 Å². The number of ether oxygens (including phenoxy) is 5. The number of thiophene rings is 1. The summed E-state index contributed by atoms with van der Waals surface area (Å²) in [6, 6.07) is 11.6. The number of nitrogens with zero attached hydrogens (tertiary/aromatic N) is 2. The molecule has 0 bridgehead atoms. The zero-order valence-corrected chi connectivity index (χ0v) is 38.2. The lowest BCUT2D eigenvalue weighted by molar-refractivity contribution is -0.156. The lowest BCUT2D eigenvalue weighted by Gasteiger charge is -2.28. The van der Waals surface area contributed by atoms with Crippen molar-refractivity contribution in [1.82, 2.24) is 20.5 Å². The molecule has 4 rings (SSSR count). The van der Waals surface area contributed by atoms with Crippen LogP contribution in [0.4, 0.5) is 5.69 Å². The molecular weight excluding hydrogens is 815 g/mol. The highest BCUT2D eigenvalue weighted by atomic mass is 32.1. The number of hydrogen-bond donors (Lipinski definition) is 3. The van der Waals surface area contributed by atoms with Gasteiger partial charge in [-0.2, -0.15) is 0 Å². The number of esters is 1. The number of hydrogen-bond acceptors (Lipinski definition) is 11. The highest BCUT2D eigenvalue weighted by Gasteiger charge is 2.29. The highest BCUT2D eigenvalue weighted by molar-refractivity contribution is 7.17. The number of carbonyl (C=O) groups is 5. The minimum absolute atomic E-state index is 0.0218. The number of carbonyl (C=O) groups excluding carboxylic acids is 5. The molecule has 2 heterocycles. The van der Waals surface area contributed by atoms with Crippen LogP contribution >= 0.6 is 11.3 Å². The van der Waals surface area contributed by atoms with Crippen molar-refractivity contribution in [3.63, 3.8) is 0 Å². The average molecular weight is 884 g/mol. The molecule has 0 aliphatic heterocycles. The summed E-state index contributed by atoms with van der Waals surface area (Å²) in [5, 5.41) is 11.1. The van der Waals surface area contributed by atoms with Crippen molar-refractivity contribution in [1.29, 1.82) is 0 Å². The second-order valence-corrected chi connectivity index (χ2v) is 17.5. The number of benzene rings is 1. The molecule has 344 valence electrons. The number of rotatable bonds is 28. The smallest absolute Gasteiger partial charge is 0.308 e. The fourth-order valence-electron chi connectivity index (χ4n) is 7.22. The van der Waals surface area contributed by atoms with E-state index in [0.29, 0.717) is 110 Å². The largest absolute Gasteiger partial charge is 0.460 e. The van der Waals surface area contributed by atoms with Crippen molar-refractivity contribution in [2.45, 2.75) is 111 Å². The van der Waals surface area contributed by atoms with E-state index in [1.54, 1.807) is 16.2 Å². The van der Waals surface area contributed by atoms with Gasteiger partial charge in [0.15, 0.2) is 0 Å². The summed E-state index contributed by atoms with van der Waals surface area (Å²) in [6.07, 6.45) is 5.79. The fraction of sp³-hybridized carbons (Fsp3) is 0.630. The van der Waals surface area contributed by atoms with Crippen molar-refractivity contribution in [2.24, 2.45) is 5.92 Å². The maximum absolute atomic E-state index is 13.6. The molecule has 1 saturated carbocycles. The minimum Gasteiger partial charge on any atom is -0.460 e. The molecule has 0 radical (unpaired) electrons. The van der Waals surface area contributed by atoms with E-state index in [1.807, 2.05) is 81.0 Å². The number of aryl methyl sites for hydroxylation is 1. The Kier molecular flexibility index (Phi) is 21.9. The van der Waals surface area contributed by atoms with E-state index in [0.717, 1.165) is 40.7 Å². The molecule has 0 saturated heterocycles. The Morgan fingerprint density at radius 1 is 0.790 bits per heavy atom. The number of amides is 4. The van der Waals surface area contributed by atoms with Gasteiger partial charge in [-0.1, -0.05) is 18.6 Å². The third-order valence-electron chi connectivity index (χ3n) is 10.3. The molecule has 2 aromatic heterocycles. The normalized spacial score (nSPS) is 15.3. The molecule has 0 spiro atoms. The molecule has 0 unspecified atom stereocenters. The molecule has 0 atom stereocenters. The van der Waals surface area contributed by atoms with Crippen LogP contribution < -0.4 is 20.9 Å². The second-order valence-electron chi connectivity index (χ2n) is 16.5. The number of anilines is 1. The maximum Gasteiger partial charge on any atom is 0.308 e. The number of fused-ring (bicyclic) bond motifs is 1. The van der Waals surface area contributed by atoms with Crippen molar-refractivity contribution >= 4 is 56.8 Å². The van der Waals surface area contributed by atoms with Crippen LogP contribution in [-0.2, 0) is 49.4 Å². The van der Waals surface area contributed by atoms with Crippen LogP contribution in [0.25, 0.3) is 10.2 Å². The van der Waals surface area contributed by atoms with Gasteiger partial charge in [0, 0.05) is 43.7 Å². The van der Waals surface area contributed by atoms with Gasteiger partial charge in [0.1, 0.15) is 17.8 Å². The van der Waals surface area contributed by atoms with Crippen LogP contribution in [0.5, 0.6) is 0 Å². The first kappa shape index (κ1) is 50.3. The van der Waals surface area contributed by atoms with E-state index in [4.69, 9.17) is 23.7 Å². The number of nitrogens with one attached hydrogen (secondary N) is 3. The lowest BCUT2D eigenvalue weighted by atomic mass is 9.85. The standard InChI is InChI=1S/C46H69N5O10S/c1-6-50(37-12-10-11-34(2)31-37)42(53)33-51-38-19-30-62-40(38)32-39(51)45(56)49-36-16-14-35(15-17-36)44(55)48-20-9-7-8-13-41(52)47-21-23-58-25-27-60-29-28-59-26-24-57-22-18-43(54)61-46(3,4)5/h10-12,19,30-32,35-36H,6-9,13-18,20-29,33H2,1-5H3,(H,47,52)(H,48,55)(H,49,56)/t35-,36-. The first-order valence-corrected chi connectivity index (χ1v) is 23.0. The minimum atomic E-state index is -0.494. The van der Waals surface area contributed by atoms with Gasteiger partial charge in [0.05, 0.1) is 69.5 Å². The molecule has 62 heavy (non-hydrogen) atoms. The van der Waals surface area contributed by atoms with E-state index in [9.17, 15) is 24.0 Å². The number of aromatic nitrogens is 1. The molecular formula is C46H69N5O10S. The molecule has 15 nitrogen and oxygen atoms in total. The van der Waals surface area contributed by atoms with Gasteiger partial charge in [-0.3, -0.25) is 24.0 Å². The summed E-state index contributed by atoms with van der Waals surface area (Å²) in [6.45, 7) is 14.2. The summed E-state index contributed by atoms with van der Waals surface area (Å²) in [5.74, 6) is -0.639. The number of unbranched alkanes of at least 4 members (excludes halogenated alkanes) is 2.